The number of nitriles is 1. The molecule has 1 aromatic heterocycles. The lowest BCUT2D eigenvalue weighted by Crippen LogP contribution is -2.27. The molecule has 2 aromatic rings. The number of pyridine rings is 1. The van der Waals surface area contributed by atoms with Gasteiger partial charge in [-0.2, -0.15) is 5.26 Å². The van der Waals surface area contributed by atoms with E-state index in [0.717, 1.165) is 31.6 Å². The highest BCUT2D eigenvalue weighted by molar-refractivity contribution is 5.33. The summed E-state index contributed by atoms with van der Waals surface area (Å²) in [6.45, 7) is 2.15. The maximum atomic E-state index is 13.9. The zero-order valence-corrected chi connectivity index (χ0v) is 12.8. The molecule has 0 aliphatic carbocycles. The molecule has 0 amide bonds. The molecular formula is C18H18FN3O. The topological polar surface area (TPSA) is 57.9 Å². The van der Waals surface area contributed by atoms with Gasteiger partial charge in [-0.05, 0) is 44.1 Å². The van der Waals surface area contributed by atoms with Crippen molar-refractivity contribution in [3.63, 3.8) is 0 Å². The van der Waals surface area contributed by atoms with Gasteiger partial charge in [-0.3, -0.25) is 4.98 Å². The van der Waals surface area contributed by atoms with Crippen LogP contribution in [0.25, 0.3) is 0 Å². The predicted molar refractivity (Wildman–Crippen MR) is 84.5 cm³/mol. The van der Waals surface area contributed by atoms with Gasteiger partial charge in [0.2, 0.25) is 0 Å². The second-order valence-corrected chi connectivity index (χ2v) is 5.65. The second kappa shape index (κ2) is 7.21. The molecule has 118 valence electrons. The summed E-state index contributed by atoms with van der Waals surface area (Å²) in [5.74, 6) is 0.723. The van der Waals surface area contributed by atoms with Gasteiger partial charge in [-0.1, -0.05) is 6.07 Å². The van der Waals surface area contributed by atoms with E-state index in [4.69, 9.17) is 10.00 Å². The maximum absolute atomic E-state index is 13.9. The Hall–Kier alpha value is -2.45. The Labute approximate surface area is 134 Å². The lowest BCUT2D eigenvalue weighted by molar-refractivity contribution is 0.298. The average molecular weight is 311 g/mol. The number of ether oxygens (including phenoxy) is 1. The van der Waals surface area contributed by atoms with Gasteiger partial charge < -0.3 is 10.1 Å². The lowest BCUT2D eigenvalue weighted by Gasteiger charge is -2.22. The molecule has 2 heterocycles. The van der Waals surface area contributed by atoms with E-state index in [1.807, 2.05) is 12.1 Å². The summed E-state index contributed by atoms with van der Waals surface area (Å²) in [7, 11) is 0. The molecular weight excluding hydrogens is 293 g/mol. The molecule has 3 rings (SSSR count). The highest BCUT2D eigenvalue weighted by Crippen LogP contribution is 2.26. The average Bonchev–Trinajstić information content (AvgIpc) is 2.61. The van der Waals surface area contributed by atoms with Crippen LogP contribution in [-0.4, -0.2) is 18.1 Å². The molecule has 1 aliphatic rings. The van der Waals surface area contributed by atoms with Crippen LogP contribution >= 0.6 is 0 Å². The summed E-state index contributed by atoms with van der Waals surface area (Å²) in [6.07, 6.45) is 3.88. The van der Waals surface area contributed by atoms with Gasteiger partial charge in [0.05, 0.1) is 11.6 Å². The van der Waals surface area contributed by atoms with Crippen molar-refractivity contribution >= 4 is 0 Å². The number of rotatable bonds is 4. The third kappa shape index (κ3) is 3.85. The van der Waals surface area contributed by atoms with E-state index >= 15 is 0 Å². The van der Waals surface area contributed by atoms with Gasteiger partial charge >= 0.3 is 0 Å². The Bertz CT molecular complexity index is 720. The smallest absolute Gasteiger partial charge is 0.131 e. The Morgan fingerprint density at radius 1 is 1.26 bits per heavy atom. The molecule has 0 saturated carbocycles. The molecule has 1 fully saturated rings. The van der Waals surface area contributed by atoms with Crippen LogP contribution in [0.5, 0.6) is 5.75 Å². The monoisotopic (exact) mass is 311 g/mol. The Kier molecular flexibility index (Phi) is 4.84. The standard InChI is InChI=1S/C18H18FN3O/c19-17-9-13(11-20)1-2-15(17)12-23-16-5-8-22-18(10-16)14-3-6-21-7-4-14/h1-2,5,8-10,14,21H,3-4,6-7,12H2. The van der Waals surface area contributed by atoms with E-state index in [9.17, 15) is 4.39 Å². The van der Waals surface area contributed by atoms with Gasteiger partial charge in [0, 0.05) is 29.4 Å². The Morgan fingerprint density at radius 2 is 2.09 bits per heavy atom. The number of hydrogen-bond donors (Lipinski definition) is 1. The van der Waals surface area contributed by atoms with E-state index in [2.05, 4.69) is 10.3 Å². The second-order valence-electron chi connectivity index (χ2n) is 5.65. The zero-order chi connectivity index (χ0) is 16.1. The van der Waals surface area contributed by atoms with E-state index < -0.39 is 5.82 Å². The van der Waals surface area contributed by atoms with Crippen LogP contribution in [0.3, 0.4) is 0 Å². The molecule has 4 nitrogen and oxygen atoms in total. The minimum atomic E-state index is -0.420. The quantitative estimate of drug-likeness (QED) is 0.942. The Morgan fingerprint density at radius 3 is 2.83 bits per heavy atom. The molecule has 0 radical (unpaired) electrons. The number of halogens is 1. The molecule has 1 saturated heterocycles. The summed E-state index contributed by atoms with van der Waals surface area (Å²) >= 11 is 0. The maximum Gasteiger partial charge on any atom is 0.131 e. The predicted octanol–water partition coefficient (Wildman–Crippen LogP) is 3.14. The van der Waals surface area contributed by atoms with Crippen molar-refractivity contribution in [2.24, 2.45) is 0 Å². The van der Waals surface area contributed by atoms with Gasteiger partial charge in [-0.15, -0.1) is 0 Å². The van der Waals surface area contributed by atoms with E-state index in [0.29, 0.717) is 22.8 Å². The minimum absolute atomic E-state index is 0.132. The van der Waals surface area contributed by atoms with Crippen LogP contribution in [0.1, 0.15) is 35.6 Å². The zero-order valence-electron chi connectivity index (χ0n) is 12.8. The summed E-state index contributed by atoms with van der Waals surface area (Å²) in [4.78, 5) is 4.44. The summed E-state index contributed by atoms with van der Waals surface area (Å²) < 4.78 is 19.6. The molecule has 1 aliphatic heterocycles. The number of aromatic nitrogens is 1. The third-order valence-corrected chi connectivity index (χ3v) is 4.09. The van der Waals surface area contributed by atoms with Crippen molar-refractivity contribution in [1.82, 2.24) is 10.3 Å². The first kappa shape index (κ1) is 15.4. The van der Waals surface area contributed by atoms with Crippen LogP contribution < -0.4 is 10.1 Å². The fourth-order valence-corrected chi connectivity index (χ4v) is 2.75. The van der Waals surface area contributed by atoms with Crippen molar-refractivity contribution in [2.75, 3.05) is 13.1 Å². The van der Waals surface area contributed by atoms with Crippen LogP contribution in [0.15, 0.2) is 36.5 Å². The van der Waals surface area contributed by atoms with Crippen LogP contribution in [0.2, 0.25) is 0 Å². The third-order valence-electron chi connectivity index (χ3n) is 4.09. The minimum Gasteiger partial charge on any atom is -0.489 e. The van der Waals surface area contributed by atoms with Gasteiger partial charge in [0.15, 0.2) is 0 Å². The molecule has 0 spiro atoms. The van der Waals surface area contributed by atoms with E-state index in [1.54, 1.807) is 24.4 Å². The number of piperidine rings is 1. The van der Waals surface area contributed by atoms with Gasteiger partial charge in [-0.25, -0.2) is 4.39 Å². The highest BCUT2D eigenvalue weighted by Gasteiger charge is 2.16. The van der Waals surface area contributed by atoms with Crippen LogP contribution in [0.4, 0.5) is 4.39 Å². The summed E-state index contributed by atoms with van der Waals surface area (Å²) in [6, 6.07) is 10.1. The number of hydrogen-bond acceptors (Lipinski definition) is 4. The molecule has 1 aromatic carbocycles. The highest BCUT2D eigenvalue weighted by atomic mass is 19.1. The Balaban J connectivity index is 1.67. The fraction of sp³-hybridized carbons (Fsp3) is 0.333. The lowest BCUT2D eigenvalue weighted by atomic mass is 9.94. The first-order valence-corrected chi connectivity index (χ1v) is 7.74. The van der Waals surface area contributed by atoms with Crippen molar-refractivity contribution in [3.8, 4) is 11.8 Å². The fourth-order valence-electron chi connectivity index (χ4n) is 2.75. The molecule has 0 bridgehead atoms. The van der Waals surface area contributed by atoms with Crippen molar-refractivity contribution in [2.45, 2.75) is 25.4 Å². The van der Waals surface area contributed by atoms with Gasteiger partial charge in [0.25, 0.3) is 0 Å². The molecule has 23 heavy (non-hydrogen) atoms. The van der Waals surface area contributed by atoms with E-state index in [1.165, 1.54) is 6.07 Å². The molecule has 5 heteroatoms. The molecule has 0 unspecified atom stereocenters. The first-order chi connectivity index (χ1) is 11.3. The van der Waals surface area contributed by atoms with Crippen LogP contribution in [-0.2, 0) is 6.61 Å². The number of benzene rings is 1. The molecule has 1 N–H and O–H groups in total. The summed E-state index contributed by atoms with van der Waals surface area (Å²) in [5, 5.41) is 12.1. The number of nitrogens with zero attached hydrogens (tertiary/aromatic N) is 2. The number of nitrogens with one attached hydrogen (secondary N) is 1. The summed E-state index contributed by atoms with van der Waals surface area (Å²) in [5.41, 5.74) is 1.77. The van der Waals surface area contributed by atoms with Crippen LogP contribution in [0, 0.1) is 17.1 Å². The SMILES string of the molecule is N#Cc1ccc(COc2ccnc(C3CCNCC3)c2)c(F)c1. The van der Waals surface area contributed by atoms with Gasteiger partial charge in [0.1, 0.15) is 18.2 Å². The van der Waals surface area contributed by atoms with Crippen molar-refractivity contribution < 1.29 is 9.13 Å². The normalized spacial score (nSPS) is 15.1. The van der Waals surface area contributed by atoms with Crippen molar-refractivity contribution in [1.29, 1.82) is 5.26 Å². The first-order valence-electron chi connectivity index (χ1n) is 7.74. The van der Waals surface area contributed by atoms with E-state index in [-0.39, 0.29) is 6.61 Å². The largest absolute Gasteiger partial charge is 0.489 e. The molecule has 0 atom stereocenters. The van der Waals surface area contributed by atoms with Crippen molar-refractivity contribution in [3.05, 3.63) is 59.2 Å².